The summed E-state index contributed by atoms with van der Waals surface area (Å²) in [4.78, 5) is 38.2. The molecule has 1 amide bonds. The predicted molar refractivity (Wildman–Crippen MR) is 117 cm³/mol. The Morgan fingerprint density at radius 2 is 1.37 bits per heavy atom. The second-order valence-corrected chi connectivity index (χ2v) is 7.37. The summed E-state index contributed by atoms with van der Waals surface area (Å²) in [5, 5.41) is 6.00. The molecule has 0 fully saturated rings. The highest BCUT2D eigenvalue weighted by Gasteiger charge is 2.29. The largest absolute Gasteiger partial charge is 0.374 e. The molecule has 5 heteroatoms. The molecule has 0 radical (unpaired) electrons. The van der Waals surface area contributed by atoms with Gasteiger partial charge in [0.15, 0.2) is 11.6 Å². The molecule has 0 saturated carbocycles. The SMILES string of the molecule is CCc1ccc(N[C@H](C)C(=O)Nc2ccc3c(c2)C(=O)c2ccccc2C3=O)cc1. The van der Waals surface area contributed by atoms with Crippen molar-refractivity contribution in [3.63, 3.8) is 0 Å². The van der Waals surface area contributed by atoms with Crippen molar-refractivity contribution < 1.29 is 14.4 Å². The number of hydrogen-bond acceptors (Lipinski definition) is 4. The first-order valence-corrected chi connectivity index (χ1v) is 9.96. The van der Waals surface area contributed by atoms with Crippen LogP contribution in [0.3, 0.4) is 0 Å². The number of carbonyl (C=O) groups is 3. The summed E-state index contributed by atoms with van der Waals surface area (Å²) < 4.78 is 0. The van der Waals surface area contributed by atoms with E-state index >= 15 is 0 Å². The Kier molecular flexibility index (Phi) is 5.19. The van der Waals surface area contributed by atoms with Crippen LogP contribution in [0.4, 0.5) is 11.4 Å². The number of anilines is 2. The van der Waals surface area contributed by atoms with E-state index in [0.717, 1.165) is 12.1 Å². The molecule has 0 bridgehead atoms. The first-order chi connectivity index (χ1) is 14.5. The van der Waals surface area contributed by atoms with Crippen LogP contribution in [0.1, 0.15) is 51.3 Å². The third-order valence-corrected chi connectivity index (χ3v) is 5.33. The topological polar surface area (TPSA) is 75.3 Å². The lowest BCUT2D eigenvalue weighted by Crippen LogP contribution is -2.32. The van der Waals surface area contributed by atoms with Crippen molar-refractivity contribution in [3.8, 4) is 0 Å². The quantitative estimate of drug-likeness (QED) is 0.520. The fraction of sp³-hybridized carbons (Fsp3) is 0.160. The van der Waals surface area contributed by atoms with Crippen molar-refractivity contribution in [2.45, 2.75) is 26.3 Å². The number of amides is 1. The van der Waals surface area contributed by atoms with Gasteiger partial charge in [-0.05, 0) is 49.2 Å². The van der Waals surface area contributed by atoms with Crippen LogP contribution in [0.5, 0.6) is 0 Å². The highest BCUT2D eigenvalue weighted by Crippen LogP contribution is 2.29. The Balaban J connectivity index is 1.50. The third-order valence-electron chi connectivity index (χ3n) is 5.33. The molecule has 0 unspecified atom stereocenters. The second kappa shape index (κ2) is 7.95. The Bertz CT molecular complexity index is 1150. The molecule has 3 aromatic rings. The van der Waals surface area contributed by atoms with Gasteiger partial charge >= 0.3 is 0 Å². The minimum absolute atomic E-state index is 0.177. The molecular formula is C25H22N2O3. The van der Waals surface area contributed by atoms with Gasteiger partial charge in [0.1, 0.15) is 6.04 Å². The van der Waals surface area contributed by atoms with Crippen LogP contribution in [-0.4, -0.2) is 23.5 Å². The molecule has 1 aliphatic carbocycles. The average Bonchev–Trinajstić information content (AvgIpc) is 2.78. The molecule has 1 aliphatic rings. The smallest absolute Gasteiger partial charge is 0.246 e. The normalized spacial score (nSPS) is 13.3. The van der Waals surface area contributed by atoms with Crippen LogP contribution in [0.2, 0.25) is 0 Å². The molecule has 4 rings (SSSR count). The van der Waals surface area contributed by atoms with E-state index in [9.17, 15) is 14.4 Å². The minimum Gasteiger partial charge on any atom is -0.374 e. The molecule has 0 aliphatic heterocycles. The van der Waals surface area contributed by atoms with Gasteiger partial charge in [-0.25, -0.2) is 0 Å². The minimum atomic E-state index is -0.480. The number of nitrogens with one attached hydrogen (secondary N) is 2. The van der Waals surface area contributed by atoms with E-state index in [1.807, 2.05) is 24.3 Å². The zero-order valence-corrected chi connectivity index (χ0v) is 16.9. The third kappa shape index (κ3) is 3.62. The van der Waals surface area contributed by atoms with Gasteiger partial charge in [-0.15, -0.1) is 0 Å². The van der Waals surface area contributed by atoms with Crippen molar-refractivity contribution in [2.24, 2.45) is 0 Å². The van der Waals surface area contributed by atoms with E-state index in [4.69, 9.17) is 0 Å². The number of ketones is 2. The lowest BCUT2D eigenvalue weighted by Gasteiger charge is -2.19. The van der Waals surface area contributed by atoms with Crippen LogP contribution >= 0.6 is 0 Å². The van der Waals surface area contributed by atoms with Crippen molar-refractivity contribution in [1.82, 2.24) is 0 Å². The van der Waals surface area contributed by atoms with Crippen molar-refractivity contribution in [1.29, 1.82) is 0 Å². The Hall–Kier alpha value is -3.73. The van der Waals surface area contributed by atoms with E-state index in [1.165, 1.54) is 5.56 Å². The van der Waals surface area contributed by atoms with Crippen LogP contribution in [-0.2, 0) is 11.2 Å². The summed E-state index contributed by atoms with van der Waals surface area (Å²) in [6.45, 7) is 3.86. The zero-order valence-electron chi connectivity index (χ0n) is 16.9. The fourth-order valence-electron chi connectivity index (χ4n) is 3.58. The maximum Gasteiger partial charge on any atom is 0.246 e. The molecule has 0 spiro atoms. The van der Waals surface area contributed by atoms with E-state index in [-0.39, 0.29) is 17.5 Å². The van der Waals surface area contributed by atoms with Crippen LogP contribution in [0, 0.1) is 0 Å². The van der Waals surface area contributed by atoms with Crippen LogP contribution in [0.15, 0.2) is 66.7 Å². The summed E-state index contributed by atoms with van der Waals surface area (Å²) in [5.74, 6) is -0.619. The first kappa shape index (κ1) is 19.6. The van der Waals surface area contributed by atoms with Gasteiger partial charge in [0.05, 0.1) is 0 Å². The molecule has 2 N–H and O–H groups in total. The zero-order chi connectivity index (χ0) is 21.3. The molecule has 1 atom stereocenters. The monoisotopic (exact) mass is 398 g/mol. The summed E-state index contributed by atoms with van der Waals surface area (Å²) in [5.41, 5.74) is 4.05. The van der Waals surface area contributed by atoms with Crippen molar-refractivity contribution >= 4 is 28.8 Å². The van der Waals surface area contributed by atoms with E-state index in [2.05, 4.69) is 17.6 Å². The molecule has 5 nitrogen and oxygen atoms in total. The number of hydrogen-bond donors (Lipinski definition) is 2. The van der Waals surface area contributed by atoms with Gasteiger partial charge in [-0.3, -0.25) is 14.4 Å². The first-order valence-electron chi connectivity index (χ1n) is 9.96. The maximum atomic E-state index is 12.8. The van der Waals surface area contributed by atoms with Gasteiger partial charge < -0.3 is 10.6 Å². The Morgan fingerprint density at radius 3 is 2.00 bits per heavy atom. The molecule has 150 valence electrons. The van der Waals surface area contributed by atoms with Crippen molar-refractivity contribution in [3.05, 3.63) is 94.5 Å². The van der Waals surface area contributed by atoms with Gasteiger partial charge in [-0.2, -0.15) is 0 Å². The summed E-state index contributed by atoms with van der Waals surface area (Å²) in [6.07, 6.45) is 0.959. The molecule has 30 heavy (non-hydrogen) atoms. The summed E-state index contributed by atoms with van der Waals surface area (Å²) in [6, 6.07) is 19.1. The Morgan fingerprint density at radius 1 is 0.800 bits per heavy atom. The lowest BCUT2D eigenvalue weighted by atomic mass is 9.84. The van der Waals surface area contributed by atoms with Crippen molar-refractivity contribution in [2.75, 3.05) is 10.6 Å². The Labute approximate surface area is 175 Å². The van der Waals surface area contributed by atoms with Crippen LogP contribution in [0.25, 0.3) is 0 Å². The average molecular weight is 398 g/mol. The molecule has 0 saturated heterocycles. The fourth-order valence-corrected chi connectivity index (χ4v) is 3.58. The second-order valence-electron chi connectivity index (χ2n) is 7.37. The summed E-state index contributed by atoms with van der Waals surface area (Å²) in [7, 11) is 0. The van der Waals surface area contributed by atoms with E-state index in [0.29, 0.717) is 27.9 Å². The van der Waals surface area contributed by atoms with Gasteiger partial charge in [0.2, 0.25) is 5.91 Å². The standard InChI is InChI=1S/C25H22N2O3/c1-3-16-8-10-17(11-9-16)26-15(2)25(30)27-18-12-13-21-22(14-18)24(29)20-7-5-4-6-19(20)23(21)28/h4-15,26H,3H2,1-2H3,(H,27,30)/t15-/m1/s1. The van der Waals surface area contributed by atoms with Gasteiger partial charge in [0.25, 0.3) is 0 Å². The lowest BCUT2D eigenvalue weighted by molar-refractivity contribution is -0.116. The number of rotatable bonds is 5. The molecule has 0 aromatic heterocycles. The highest BCUT2D eigenvalue weighted by molar-refractivity contribution is 6.28. The maximum absolute atomic E-state index is 12.8. The molecule has 0 heterocycles. The number of fused-ring (bicyclic) bond motifs is 2. The summed E-state index contributed by atoms with van der Waals surface area (Å²) >= 11 is 0. The molecule has 3 aromatic carbocycles. The van der Waals surface area contributed by atoms with E-state index in [1.54, 1.807) is 49.4 Å². The van der Waals surface area contributed by atoms with E-state index < -0.39 is 6.04 Å². The predicted octanol–water partition coefficient (Wildman–Crippen LogP) is 4.46. The number of benzene rings is 3. The highest BCUT2D eigenvalue weighted by atomic mass is 16.2. The number of carbonyl (C=O) groups excluding carboxylic acids is 3. The van der Waals surface area contributed by atoms with Gasteiger partial charge in [0, 0.05) is 33.6 Å². The molecular weight excluding hydrogens is 376 g/mol. The van der Waals surface area contributed by atoms with Gasteiger partial charge in [-0.1, -0.05) is 43.3 Å². The van der Waals surface area contributed by atoms with Crippen LogP contribution < -0.4 is 10.6 Å². The number of aryl methyl sites for hydroxylation is 1.